The van der Waals surface area contributed by atoms with Gasteiger partial charge in [-0.25, -0.2) is 4.98 Å². The van der Waals surface area contributed by atoms with Crippen LogP contribution in [0.1, 0.15) is 39.7 Å². The molecule has 0 bridgehead atoms. The molecule has 1 fully saturated rings. The Morgan fingerprint density at radius 3 is 2.53 bits per heavy atom. The van der Waals surface area contributed by atoms with E-state index < -0.39 is 0 Å². The molecule has 5 heteroatoms. The maximum atomic E-state index is 6.11. The molecule has 0 amide bonds. The Kier molecular flexibility index (Phi) is 2.87. The van der Waals surface area contributed by atoms with Crippen molar-refractivity contribution in [3.8, 4) is 5.88 Å². The Morgan fingerprint density at radius 2 is 1.84 bits per heavy atom. The molecule has 0 aromatic carbocycles. The summed E-state index contributed by atoms with van der Waals surface area (Å²) in [5.41, 5.74) is 1.56. The minimum Gasteiger partial charge on any atom is -0.477 e. The van der Waals surface area contributed by atoms with Crippen molar-refractivity contribution in [2.75, 3.05) is 6.61 Å². The van der Waals surface area contributed by atoms with Crippen molar-refractivity contribution in [2.45, 2.75) is 51.7 Å². The molecule has 0 unspecified atom stereocenters. The molecule has 1 aromatic rings. The van der Waals surface area contributed by atoms with Crippen LogP contribution in [-0.2, 0) is 15.7 Å². The van der Waals surface area contributed by atoms with E-state index in [4.69, 9.17) is 14.0 Å². The van der Waals surface area contributed by atoms with Gasteiger partial charge in [0.15, 0.2) is 0 Å². The van der Waals surface area contributed by atoms with Gasteiger partial charge in [-0.1, -0.05) is 0 Å². The van der Waals surface area contributed by atoms with E-state index in [2.05, 4.69) is 32.7 Å². The van der Waals surface area contributed by atoms with Gasteiger partial charge in [-0.05, 0) is 52.1 Å². The second kappa shape index (κ2) is 4.22. The van der Waals surface area contributed by atoms with Crippen molar-refractivity contribution >= 4 is 12.6 Å². The first-order valence-corrected chi connectivity index (χ1v) is 6.87. The minimum atomic E-state index is -0.330. The number of hydrogen-bond acceptors (Lipinski definition) is 4. The standard InChI is InChI=1S/C14H20BNO3/c1-13(2)14(3,4)19-15(18-13)11-7-8-16-12-10(11)6-5-9-17-12/h7-8H,5-6,9H2,1-4H3. The van der Waals surface area contributed by atoms with E-state index >= 15 is 0 Å². The topological polar surface area (TPSA) is 40.6 Å². The van der Waals surface area contributed by atoms with Gasteiger partial charge >= 0.3 is 7.12 Å². The van der Waals surface area contributed by atoms with E-state index in [9.17, 15) is 0 Å². The van der Waals surface area contributed by atoms with E-state index in [-0.39, 0.29) is 18.3 Å². The number of fused-ring (bicyclic) bond motifs is 1. The third-order valence-electron chi connectivity index (χ3n) is 4.37. The maximum absolute atomic E-state index is 6.11. The van der Waals surface area contributed by atoms with Crippen molar-refractivity contribution < 1.29 is 14.0 Å². The van der Waals surface area contributed by atoms with Crippen molar-refractivity contribution in [2.24, 2.45) is 0 Å². The Balaban J connectivity index is 1.96. The van der Waals surface area contributed by atoms with Crippen LogP contribution in [0.3, 0.4) is 0 Å². The van der Waals surface area contributed by atoms with Crippen molar-refractivity contribution in [1.82, 2.24) is 4.98 Å². The lowest BCUT2D eigenvalue weighted by Crippen LogP contribution is -2.41. The molecule has 4 nitrogen and oxygen atoms in total. The van der Waals surface area contributed by atoms with Gasteiger partial charge in [0, 0.05) is 11.8 Å². The van der Waals surface area contributed by atoms with E-state index in [1.807, 2.05) is 6.07 Å². The normalized spacial score (nSPS) is 23.9. The Bertz CT molecular complexity index is 485. The molecule has 0 radical (unpaired) electrons. The van der Waals surface area contributed by atoms with Crippen LogP contribution in [0.2, 0.25) is 0 Å². The van der Waals surface area contributed by atoms with Gasteiger partial charge in [0.25, 0.3) is 0 Å². The van der Waals surface area contributed by atoms with Gasteiger partial charge in [-0.15, -0.1) is 0 Å². The molecule has 3 heterocycles. The molecular formula is C14H20BNO3. The number of nitrogens with zero attached hydrogens (tertiary/aromatic N) is 1. The lowest BCUT2D eigenvalue weighted by Gasteiger charge is -2.32. The monoisotopic (exact) mass is 261 g/mol. The summed E-state index contributed by atoms with van der Waals surface area (Å²) in [6.45, 7) is 9.01. The average molecular weight is 261 g/mol. The summed E-state index contributed by atoms with van der Waals surface area (Å²) in [6.07, 6.45) is 3.76. The summed E-state index contributed by atoms with van der Waals surface area (Å²) in [5, 5.41) is 0. The number of ether oxygens (including phenoxy) is 1. The molecule has 0 spiro atoms. The molecule has 2 aliphatic heterocycles. The van der Waals surface area contributed by atoms with Crippen LogP contribution in [0.5, 0.6) is 5.88 Å². The van der Waals surface area contributed by atoms with E-state index in [1.54, 1.807) is 6.20 Å². The fourth-order valence-electron chi connectivity index (χ4n) is 2.47. The van der Waals surface area contributed by atoms with E-state index in [0.717, 1.165) is 36.4 Å². The zero-order chi connectivity index (χ0) is 13.7. The second-order valence-corrected chi connectivity index (χ2v) is 6.22. The predicted molar refractivity (Wildman–Crippen MR) is 73.8 cm³/mol. The highest BCUT2D eigenvalue weighted by Gasteiger charge is 2.52. The summed E-state index contributed by atoms with van der Waals surface area (Å²) in [7, 11) is -0.330. The van der Waals surface area contributed by atoms with Crippen LogP contribution in [0.25, 0.3) is 0 Å². The number of rotatable bonds is 1. The molecular weight excluding hydrogens is 241 g/mol. The summed E-state index contributed by atoms with van der Waals surface area (Å²) in [4.78, 5) is 4.29. The SMILES string of the molecule is CC1(C)OB(c2ccnc3c2CCCO3)OC1(C)C. The number of aromatic nitrogens is 1. The van der Waals surface area contributed by atoms with Gasteiger partial charge in [0.05, 0.1) is 17.8 Å². The molecule has 0 aliphatic carbocycles. The lowest BCUT2D eigenvalue weighted by molar-refractivity contribution is 0.00578. The maximum Gasteiger partial charge on any atom is 0.495 e. The van der Waals surface area contributed by atoms with Crippen LogP contribution in [0, 0.1) is 0 Å². The third-order valence-corrected chi connectivity index (χ3v) is 4.37. The van der Waals surface area contributed by atoms with Crippen LogP contribution >= 0.6 is 0 Å². The average Bonchev–Trinajstić information content (AvgIpc) is 2.58. The van der Waals surface area contributed by atoms with Crippen molar-refractivity contribution in [3.05, 3.63) is 17.8 Å². The van der Waals surface area contributed by atoms with Gasteiger partial charge < -0.3 is 14.0 Å². The molecule has 102 valence electrons. The quantitative estimate of drug-likeness (QED) is 0.721. The molecule has 3 rings (SSSR count). The van der Waals surface area contributed by atoms with Gasteiger partial charge in [0.1, 0.15) is 0 Å². The molecule has 0 N–H and O–H groups in total. The second-order valence-electron chi connectivity index (χ2n) is 6.22. The minimum absolute atomic E-state index is 0.316. The predicted octanol–water partition coefficient (Wildman–Crippen LogP) is 1.71. The number of pyridine rings is 1. The largest absolute Gasteiger partial charge is 0.495 e. The molecule has 1 aromatic heterocycles. The molecule has 1 saturated heterocycles. The fourth-order valence-corrected chi connectivity index (χ4v) is 2.47. The lowest BCUT2D eigenvalue weighted by atomic mass is 9.75. The first-order chi connectivity index (χ1) is 8.91. The van der Waals surface area contributed by atoms with Gasteiger partial charge in [0.2, 0.25) is 5.88 Å². The van der Waals surface area contributed by atoms with Crippen LogP contribution in [0.4, 0.5) is 0 Å². The highest BCUT2D eigenvalue weighted by molar-refractivity contribution is 6.62. The van der Waals surface area contributed by atoms with Crippen LogP contribution in [0.15, 0.2) is 12.3 Å². The molecule has 0 atom stereocenters. The van der Waals surface area contributed by atoms with Crippen molar-refractivity contribution in [3.63, 3.8) is 0 Å². The highest BCUT2D eigenvalue weighted by atomic mass is 16.7. The summed E-state index contributed by atoms with van der Waals surface area (Å²) < 4.78 is 17.8. The Hall–Kier alpha value is -1.07. The molecule has 0 saturated carbocycles. The van der Waals surface area contributed by atoms with Gasteiger partial charge in [-0.2, -0.15) is 0 Å². The highest BCUT2D eigenvalue weighted by Crippen LogP contribution is 2.37. The zero-order valence-corrected chi connectivity index (χ0v) is 12.0. The zero-order valence-electron chi connectivity index (χ0n) is 12.0. The van der Waals surface area contributed by atoms with E-state index in [0.29, 0.717) is 0 Å². The van der Waals surface area contributed by atoms with Crippen molar-refractivity contribution in [1.29, 1.82) is 0 Å². The first-order valence-electron chi connectivity index (χ1n) is 6.87. The molecule has 19 heavy (non-hydrogen) atoms. The Morgan fingerprint density at radius 1 is 1.16 bits per heavy atom. The van der Waals surface area contributed by atoms with E-state index in [1.165, 1.54) is 0 Å². The molecule has 2 aliphatic rings. The number of hydrogen-bond donors (Lipinski definition) is 0. The third kappa shape index (κ3) is 2.05. The fraction of sp³-hybridized carbons (Fsp3) is 0.643. The van der Waals surface area contributed by atoms with Crippen LogP contribution < -0.4 is 10.2 Å². The van der Waals surface area contributed by atoms with Crippen LogP contribution in [-0.4, -0.2) is 29.9 Å². The Labute approximate surface area is 114 Å². The van der Waals surface area contributed by atoms with Gasteiger partial charge in [-0.3, -0.25) is 0 Å². The summed E-state index contributed by atoms with van der Waals surface area (Å²) >= 11 is 0. The summed E-state index contributed by atoms with van der Waals surface area (Å²) in [5.74, 6) is 0.735. The summed E-state index contributed by atoms with van der Waals surface area (Å²) in [6, 6.07) is 1.98. The first kappa shape index (κ1) is 12.9. The smallest absolute Gasteiger partial charge is 0.477 e.